The predicted octanol–water partition coefficient (Wildman–Crippen LogP) is 3.78. The van der Waals surface area contributed by atoms with Crippen LogP contribution in [0.4, 0.5) is 0 Å². The van der Waals surface area contributed by atoms with Gasteiger partial charge in [-0.15, -0.1) is 0 Å². The van der Waals surface area contributed by atoms with E-state index in [2.05, 4.69) is 9.97 Å². The van der Waals surface area contributed by atoms with E-state index in [9.17, 15) is 0 Å². The molecular formula is C18H12BN2O2. The molecule has 0 aliphatic rings. The van der Waals surface area contributed by atoms with E-state index in [4.69, 9.17) is 9.31 Å². The van der Waals surface area contributed by atoms with Gasteiger partial charge in [0.1, 0.15) is 11.5 Å². The summed E-state index contributed by atoms with van der Waals surface area (Å²) in [7, 11) is 1.35. The van der Waals surface area contributed by atoms with Crippen LogP contribution in [0.3, 0.4) is 0 Å². The number of benzene rings is 2. The Morgan fingerprint density at radius 2 is 1.17 bits per heavy atom. The summed E-state index contributed by atoms with van der Waals surface area (Å²) in [6.07, 6.45) is 7.10. The first-order valence-corrected chi connectivity index (χ1v) is 7.22. The van der Waals surface area contributed by atoms with Crippen LogP contribution in [0.2, 0.25) is 0 Å². The average molecular weight is 299 g/mol. The van der Waals surface area contributed by atoms with Crippen molar-refractivity contribution in [3.8, 4) is 11.5 Å². The second-order valence-corrected chi connectivity index (χ2v) is 5.04. The molecule has 4 rings (SSSR count). The average Bonchev–Trinajstić information content (AvgIpc) is 2.62. The lowest BCUT2D eigenvalue weighted by Crippen LogP contribution is -2.11. The van der Waals surface area contributed by atoms with Gasteiger partial charge in [-0.1, -0.05) is 24.3 Å². The number of hydrogen-bond acceptors (Lipinski definition) is 4. The fraction of sp³-hybridized carbons (Fsp3) is 0. The van der Waals surface area contributed by atoms with Crippen molar-refractivity contribution in [1.82, 2.24) is 9.97 Å². The maximum Gasteiger partial charge on any atom is 0.658 e. The van der Waals surface area contributed by atoms with Gasteiger partial charge in [0.2, 0.25) is 0 Å². The summed E-state index contributed by atoms with van der Waals surface area (Å²) in [5.74, 6) is 1.46. The van der Waals surface area contributed by atoms with E-state index in [1.807, 2.05) is 48.5 Å². The standard InChI is InChI=1S/C18H12BN2O2/c1-3-13-11-20-9-7-15(13)17(5-1)22-19-23-18-6-2-4-14-12-21-10-8-16(14)18/h1-12H. The summed E-state index contributed by atoms with van der Waals surface area (Å²) in [4.78, 5) is 8.23. The minimum atomic E-state index is 0.729. The summed E-state index contributed by atoms with van der Waals surface area (Å²) < 4.78 is 11.4. The van der Waals surface area contributed by atoms with Gasteiger partial charge < -0.3 is 9.31 Å². The van der Waals surface area contributed by atoms with E-state index in [0.717, 1.165) is 33.0 Å². The third kappa shape index (κ3) is 2.69. The molecule has 2 aromatic carbocycles. The molecule has 0 fully saturated rings. The number of rotatable bonds is 4. The van der Waals surface area contributed by atoms with Crippen molar-refractivity contribution >= 4 is 29.2 Å². The van der Waals surface area contributed by atoms with Gasteiger partial charge in [-0.3, -0.25) is 9.97 Å². The van der Waals surface area contributed by atoms with Crippen LogP contribution in [-0.2, 0) is 0 Å². The molecule has 109 valence electrons. The summed E-state index contributed by atoms with van der Waals surface area (Å²) in [6.45, 7) is 0. The zero-order valence-corrected chi connectivity index (χ0v) is 12.2. The molecular weight excluding hydrogens is 287 g/mol. The third-order valence-corrected chi connectivity index (χ3v) is 3.63. The largest absolute Gasteiger partial charge is 0.658 e. The van der Waals surface area contributed by atoms with Gasteiger partial charge in [-0.25, -0.2) is 0 Å². The smallest absolute Gasteiger partial charge is 0.526 e. The van der Waals surface area contributed by atoms with Crippen molar-refractivity contribution < 1.29 is 9.31 Å². The first-order valence-electron chi connectivity index (χ1n) is 7.22. The number of pyridine rings is 2. The van der Waals surface area contributed by atoms with Gasteiger partial charge in [-0.2, -0.15) is 0 Å². The molecule has 0 bridgehead atoms. The summed E-state index contributed by atoms with van der Waals surface area (Å²) >= 11 is 0. The van der Waals surface area contributed by atoms with E-state index >= 15 is 0 Å². The minimum Gasteiger partial charge on any atom is -0.526 e. The van der Waals surface area contributed by atoms with Crippen LogP contribution in [0.1, 0.15) is 0 Å². The second-order valence-electron chi connectivity index (χ2n) is 5.04. The van der Waals surface area contributed by atoms with Crippen LogP contribution in [0.15, 0.2) is 73.3 Å². The highest BCUT2D eigenvalue weighted by atomic mass is 16.6. The van der Waals surface area contributed by atoms with Crippen molar-refractivity contribution in [1.29, 1.82) is 0 Å². The molecule has 4 nitrogen and oxygen atoms in total. The normalized spacial score (nSPS) is 10.6. The monoisotopic (exact) mass is 299 g/mol. The molecule has 0 unspecified atom stereocenters. The summed E-state index contributed by atoms with van der Waals surface area (Å²) in [5, 5.41) is 4.03. The van der Waals surface area contributed by atoms with Crippen LogP contribution in [0.25, 0.3) is 21.5 Å². The Labute approximate surface area is 134 Å². The molecule has 0 N–H and O–H groups in total. The fourth-order valence-electron chi connectivity index (χ4n) is 2.52. The lowest BCUT2D eigenvalue weighted by atomic mass is 10.1. The highest BCUT2D eigenvalue weighted by Gasteiger charge is 2.07. The second kappa shape index (κ2) is 5.97. The van der Waals surface area contributed by atoms with Gasteiger partial charge in [0.05, 0.1) is 0 Å². The zero-order chi connectivity index (χ0) is 15.5. The maximum absolute atomic E-state index is 5.68. The number of fused-ring (bicyclic) bond motifs is 2. The quantitative estimate of drug-likeness (QED) is 0.538. The molecule has 1 radical (unpaired) electrons. The third-order valence-electron chi connectivity index (χ3n) is 3.63. The van der Waals surface area contributed by atoms with Crippen LogP contribution < -0.4 is 9.31 Å². The SMILES string of the molecule is [B](Oc1cccc2cnccc12)Oc1cccc2cnccc12. The number of nitrogens with zero attached hydrogens (tertiary/aromatic N) is 2. The van der Waals surface area contributed by atoms with Gasteiger partial charge in [-0.05, 0) is 24.3 Å². The van der Waals surface area contributed by atoms with Crippen LogP contribution in [0, 0.1) is 0 Å². The lowest BCUT2D eigenvalue weighted by Gasteiger charge is -2.10. The van der Waals surface area contributed by atoms with Crippen molar-refractivity contribution in [3.63, 3.8) is 0 Å². The van der Waals surface area contributed by atoms with Crippen molar-refractivity contribution in [2.75, 3.05) is 0 Å². The lowest BCUT2D eigenvalue weighted by molar-refractivity contribution is 0.465. The molecule has 0 amide bonds. The molecule has 2 heterocycles. The predicted molar refractivity (Wildman–Crippen MR) is 90.5 cm³/mol. The number of aromatic nitrogens is 2. The van der Waals surface area contributed by atoms with Crippen molar-refractivity contribution in [3.05, 3.63) is 73.3 Å². The Morgan fingerprint density at radius 3 is 1.70 bits per heavy atom. The molecule has 0 aliphatic heterocycles. The first-order chi connectivity index (χ1) is 11.4. The number of hydrogen-bond donors (Lipinski definition) is 0. The fourth-order valence-corrected chi connectivity index (χ4v) is 2.52. The molecule has 5 heteroatoms. The summed E-state index contributed by atoms with van der Waals surface area (Å²) in [5.41, 5.74) is 0. The Hall–Kier alpha value is -3.08. The maximum atomic E-state index is 5.68. The Balaban J connectivity index is 1.55. The highest BCUT2D eigenvalue weighted by molar-refractivity contribution is 6.22. The van der Waals surface area contributed by atoms with Crippen molar-refractivity contribution in [2.24, 2.45) is 0 Å². The zero-order valence-electron chi connectivity index (χ0n) is 12.2. The Bertz CT molecular complexity index is 885. The molecule has 4 aromatic rings. The van der Waals surface area contributed by atoms with Gasteiger partial charge >= 0.3 is 7.69 Å². The van der Waals surface area contributed by atoms with Gasteiger partial charge in [0.15, 0.2) is 0 Å². The van der Waals surface area contributed by atoms with Gasteiger partial charge in [0.25, 0.3) is 0 Å². The molecule has 0 saturated carbocycles. The highest BCUT2D eigenvalue weighted by Crippen LogP contribution is 2.26. The molecule has 0 spiro atoms. The minimum absolute atomic E-state index is 0.729. The Kier molecular flexibility index (Phi) is 3.52. The topological polar surface area (TPSA) is 44.2 Å². The van der Waals surface area contributed by atoms with E-state index in [-0.39, 0.29) is 0 Å². The van der Waals surface area contributed by atoms with Crippen LogP contribution >= 0.6 is 0 Å². The van der Waals surface area contributed by atoms with Crippen molar-refractivity contribution in [2.45, 2.75) is 0 Å². The van der Waals surface area contributed by atoms with Crippen LogP contribution in [-0.4, -0.2) is 17.7 Å². The summed E-state index contributed by atoms with van der Waals surface area (Å²) in [6, 6.07) is 15.5. The molecule has 0 aliphatic carbocycles. The van der Waals surface area contributed by atoms with Gasteiger partial charge in [0, 0.05) is 46.3 Å². The first kappa shape index (κ1) is 13.6. The molecule has 0 atom stereocenters. The molecule has 23 heavy (non-hydrogen) atoms. The van der Waals surface area contributed by atoms with E-state index in [1.54, 1.807) is 24.8 Å². The van der Waals surface area contributed by atoms with Crippen LogP contribution in [0.5, 0.6) is 11.5 Å². The van der Waals surface area contributed by atoms with E-state index in [0.29, 0.717) is 0 Å². The molecule has 0 saturated heterocycles. The van der Waals surface area contributed by atoms with E-state index < -0.39 is 0 Å². The van der Waals surface area contributed by atoms with E-state index in [1.165, 1.54) is 7.69 Å². The Morgan fingerprint density at radius 1 is 0.652 bits per heavy atom. The molecule has 2 aromatic heterocycles.